The normalized spacial score (nSPS) is 12.4. The SMILES string of the molecule is Cc1ccc(CCC(N)Cc2ccccc2C)cc1. The van der Waals surface area contributed by atoms with E-state index in [2.05, 4.69) is 62.4 Å². The van der Waals surface area contributed by atoms with Gasteiger partial charge in [0.05, 0.1) is 0 Å². The summed E-state index contributed by atoms with van der Waals surface area (Å²) in [6.45, 7) is 4.27. The highest BCUT2D eigenvalue weighted by atomic mass is 14.6. The van der Waals surface area contributed by atoms with Gasteiger partial charge >= 0.3 is 0 Å². The Balaban J connectivity index is 1.86. The molecular weight excluding hydrogens is 230 g/mol. The van der Waals surface area contributed by atoms with E-state index in [9.17, 15) is 0 Å². The van der Waals surface area contributed by atoms with Crippen molar-refractivity contribution in [3.63, 3.8) is 0 Å². The Morgan fingerprint density at radius 2 is 1.63 bits per heavy atom. The van der Waals surface area contributed by atoms with Gasteiger partial charge in [0.1, 0.15) is 0 Å². The minimum absolute atomic E-state index is 0.238. The molecular formula is C18H23N. The van der Waals surface area contributed by atoms with Crippen molar-refractivity contribution in [2.75, 3.05) is 0 Å². The highest BCUT2D eigenvalue weighted by molar-refractivity contribution is 5.26. The van der Waals surface area contributed by atoms with E-state index >= 15 is 0 Å². The van der Waals surface area contributed by atoms with Gasteiger partial charge in [-0.1, -0.05) is 54.1 Å². The fourth-order valence-electron chi connectivity index (χ4n) is 2.33. The Hall–Kier alpha value is -1.60. The van der Waals surface area contributed by atoms with Crippen molar-refractivity contribution in [3.8, 4) is 0 Å². The molecule has 1 heteroatoms. The van der Waals surface area contributed by atoms with E-state index in [4.69, 9.17) is 5.73 Å². The van der Waals surface area contributed by atoms with E-state index in [0.717, 1.165) is 19.3 Å². The minimum Gasteiger partial charge on any atom is -0.327 e. The molecule has 0 aliphatic rings. The summed E-state index contributed by atoms with van der Waals surface area (Å²) in [4.78, 5) is 0. The first-order valence-corrected chi connectivity index (χ1v) is 7.01. The van der Waals surface area contributed by atoms with Crippen LogP contribution in [0, 0.1) is 13.8 Å². The Kier molecular flexibility index (Phi) is 4.75. The fourth-order valence-corrected chi connectivity index (χ4v) is 2.33. The monoisotopic (exact) mass is 253 g/mol. The van der Waals surface area contributed by atoms with Gasteiger partial charge in [-0.15, -0.1) is 0 Å². The van der Waals surface area contributed by atoms with Crippen molar-refractivity contribution in [2.24, 2.45) is 5.73 Å². The average molecular weight is 253 g/mol. The smallest absolute Gasteiger partial charge is 0.00825 e. The summed E-state index contributed by atoms with van der Waals surface area (Å²) in [5.41, 5.74) is 11.7. The van der Waals surface area contributed by atoms with Crippen LogP contribution in [0.2, 0.25) is 0 Å². The molecule has 1 unspecified atom stereocenters. The van der Waals surface area contributed by atoms with Crippen molar-refractivity contribution in [2.45, 2.75) is 39.2 Å². The van der Waals surface area contributed by atoms with Crippen molar-refractivity contribution >= 4 is 0 Å². The molecule has 1 atom stereocenters. The Labute approximate surface area is 116 Å². The van der Waals surface area contributed by atoms with Crippen LogP contribution in [0.5, 0.6) is 0 Å². The second-order valence-electron chi connectivity index (χ2n) is 5.41. The highest BCUT2D eigenvalue weighted by Gasteiger charge is 2.06. The van der Waals surface area contributed by atoms with Crippen LogP contribution in [0.3, 0.4) is 0 Å². The van der Waals surface area contributed by atoms with Gasteiger partial charge in [0.25, 0.3) is 0 Å². The maximum Gasteiger partial charge on any atom is 0.00825 e. The fraction of sp³-hybridized carbons (Fsp3) is 0.333. The molecule has 2 aromatic rings. The molecule has 0 aromatic heterocycles. The maximum atomic E-state index is 6.25. The summed E-state index contributed by atoms with van der Waals surface area (Å²) in [6.07, 6.45) is 3.07. The lowest BCUT2D eigenvalue weighted by Gasteiger charge is -2.13. The number of benzene rings is 2. The third-order valence-corrected chi connectivity index (χ3v) is 3.67. The summed E-state index contributed by atoms with van der Waals surface area (Å²) in [6, 6.07) is 17.5. The molecule has 2 rings (SSSR count). The van der Waals surface area contributed by atoms with E-state index in [1.807, 2.05) is 0 Å². The summed E-state index contributed by atoms with van der Waals surface area (Å²) in [7, 11) is 0. The predicted octanol–water partition coefficient (Wildman–Crippen LogP) is 3.81. The minimum atomic E-state index is 0.238. The molecule has 0 aliphatic carbocycles. The van der Waals surface area contributed by atoms with Crippen molar-refractivity contribution in [1.82, 2.24) is 0 Å². The molecule has 0 fully saturated rings. The molecule has 0 aliphatic heterocycles. The first-order valence-electron chi connectivity index (χ1n) is 7.01. The predicted molar refractivity (Wildman–Crippen MR) is 82.4 cm³/mol. The van der Waals surface area contributed by atoms with Gasteiger partial charge in [0.15, 0.2) is 0 Å². The van der Waals surface area contributed by atoms with Crippen LogP contribution in [0.15, 0.2) is 48.5 Å². The molecule has 0 bridgehead atoms. The van der Waals surface area contributed by atoms with Crippen LogP contribution in [0.25, 0.3) is 0 Å². The van der Waals surface area contributed by atoms with Crippen molar-refractivity contribution in [1.29, 1.82) is 0 Å². The number of rotatable bonds is 5. The molecule has 2 aromatic carbocycles. The van der Waals surface area contributed by atoms with Crippen LogP contribution in [-0.2, 0) is 12.8 Å². The van der Waals surface area contributed by atoms with E-state index in [1.165, 1.54) is 22.3 Å². The zero-order valence-corrected chi connectivity index (χ0v) is 11.9. The molecule has 0 spiro atoms. The van der Waals surface area contributed by atoms with Crippen LogP contribution in [-0.4, -0.2) is 6.04 Å². The third kappa shape index (κ3) is 4.22. The molecule has 0 radical (unpaired) electrons. The molecule has 1 nitrogen and oxygen atoms in total. The summed E-state index contributed by atoms with van der Waals surface area (Å²) >= 11 is 0. The topological polar surface area (TPSA) is 26.0 Å². The highest BCUT2D eigenvalue weighted by Crippen LogP contribution is 2.12. The second-order valence-corrected chi connectivity index (χ2v) is 5.41. The van der Waals surface area contributed by atoms with Gasteiger partial charge in [-0.25, -0.2) is 0 Å². The number of hydrogen-bond acceptors (Lipinski definition) is 1. The van der Waals surface area contributed by atoms with Gasteiger partial charge in [-0.2, -0.15) is 0 Å². The van der Waals surface area contributed by atoms with Gasteiger partial charge < -0.3 is 5.73 Å². The van der Waals surface area contributed by atoms with E-state index in [1.54, 1.807) is 0 Å². The van der Waals surface area contributed by atoms with Gasteiger partial charge in [0, 0.05) is 6.04 Å². The van der Waals surface area contributed by atoms with Crippen molar-refractivity contribution < 1.29 is 0 Å². The Morgan fingerprint density at radius 3 is 2.32 bits per heavy atom. The van der Waals surface area contributed by atoms with Gasteiger partial charge in [0.2, 0.25) is 0 Å². The summed E-state index contributed by atoms with van der Waals surface area (Å²) < 4.78 is 0. The lowest BCUT2D eigenvalue weighted by atomic mass is 9.97. The first-order chi connectivity index (χ1) is 9.15. The van der Waals surface area contributed by atoms with Gasteiger partial charge in [-0.3, -0.25) is 0 Å². The maximum absolute atomic E-state index is 6.25. The zero-order valence-electron chi connectivity index (χ0n) is 11.9. The third-order valence-electron chi connectivity index (χ3n) is 3.67. The molecule has 19 heavy (non-hydrogen) atoms. The molecule has 0 saturated carbocycles. The molecule has 0 saturated heterocycles. The first kappa shape index (κ1) is 13.8. The molecule has 2 N–H and O–H groups in total. The average Bonchev–Trinajstić information content (AvgIpc) is 2.41. The lowest BCUT2D eigenvalue weighted by molar-refractivity contribution is 0.609. The summed E-state index contributed by atoms with van der Waals surface area (Å²) in [5.74, 6) is 0. The molecule has 0 amide bonds. The largest absolute Gasteiger partial charge is 0.327 e. The standard InChI is InChI=1S/C18H23N/c1-14-7-9-16(10-8-14)11-12-18(19)13-17-6-4-3-5-15(17)2/h3-10,18H,11-13,19H2,1-2H3. The summed E-state index contributed by atoms with van der Waals surface area (Å²) in [5, 5.41) is 0. The zero-order chi connectivity index (χ0) is 13.7. The van der Waals surface area contributed by atoms with Crippen molar-refractivity contribution in [3.05, 3.63) is 70.8 Å². The Morgan fingerprint density at radius 1 is 0.947 bits per heavy atom. The number of nitrogens with two attached hydrogens (primary N) is 1. The van der Waals surface area contributed by atoms with Crippen LogP contribution in [0.4, 0.5) is 0 Å². The number of hydrogen-bond donors (Lipinski definition) is 1. The van der Waals surface area contributed by atoms with E-state index in [0.29, 0.717) is 0 Å². The van der Waals surface area contributed by atoms with E-state index < -0.39 is 0 Å². The lowest BCUT2D eigenvalue weighted by Crippen LogP contribution is -2.23. The van der Waals surface area contributed by atoms with Crippen LogP contribution in [0.1, 0.15) is 28.7 Å². The second kappa shape index (κ2) is 6.53. The van der Waals surface area contributed by atoms with E-state index in [-0.39, 0.29) is 6.04 Å². The van der Waals surface area contributed by atoms with Crippen LogP contribution < -0.4 is 5.73 Å². The van der Waals surface area contributed by atoms with Gasteiger partial charge in [-0.05, 0) is 49.8 Å². The Bertz CT molecular complexity index is 513. The van der Waals surface area contributed by atoms with Crippen LogP contribution >= 0.6 is 0 Å². The number of aryl methyl sites for hydroxylation is 3. The molecule has 0 heterocycles. The quantitative estimate of drug-likeness (QED) is 0.861. The molecule has 100 valence electrons.